The Kier molecular flexibility index (Phi) is 64.3. The van der Waals surface area contributed by atoms with Crippen molar-refractivity contribution in [2.75, 3.05) is 0 Å². The fourth-order valence-electron chi connectivity index (χ4n) is 11.0. The summed E-state index contributed by atoms with van der Waals surface area (Å²) >= 11 is 0. The molecular weight excluding hydrogens is 1050 g/mol. The van der Waals surface area contributed by atoms with Crippen molar-refractivity contribution >= 4 is 23.9 Å². The summed E-state index contributed by atoms with van der Waals surface area (Å²) in [5, 5.41) is 0. The standard InChI is InChI=1S/C77H140O8/c1-6-11-15-19-23-27-31-35-39-43-47-51-55-59-63-68-73(78)82-72(67-10-5)77(83-74(79)69-64-60-56-52-48-44-40-36-32-28-24-20-16-12-7-2,84-75(80)70-65-61-57-53-49-45-41-37-33-29-25-21-17-13-8-3)85-76(81)71-66-62-58-54-50-46-42-38-34-30-26-22-18-14-9-4/h35-42,72H,6-34,43-71H2,1-5H3/b39-35-,40-36-,41-37-,42-38-. The van der Waals surface area contributed by atoms with Gasteiger partial charge in [-0.2, -0.15) is 0 Å². The van der Waals surface area contributed by atoms with E-state index >= 15 is 0 Å². The Bertz CT molecular complexity index is 1450. The smallest absolute Gasteiger partial charge is 0.449 e. The van der Waals surface area contributed by atoms with Gasteiger partial charge in [-0.3, -0.25) is 19.2 Å². The highest BCUT2D eigenvalue weighted by atomic mass is 16.9. The summed E-state index contributed by atoms with van der Waals surface area (Å²) in [6, 6.07) is 0. The van der Waals surface area contributed by atoms with E-state index in [4.69, 9.17) is 18.9 Å². The van der Waals surface area contributed by atoms with Gasteiger partial charge in [0.1, 0.15) is 0 Å². The summed E-state index contributed by atoms with van der Waals surface area (Å²) in [5.41, 5.74) is 0. The van der Waals surface area contributed by atoms with Crippen molar-refractivity contribution in [3.05, 3.63) is 48.6 Å². The zero-order valence-corrected chi connectivity index (χ0v) is 57.0. The molecule has 0 rings (SSSR count). The van der Waals surface area contributed by atoms with Crippen LogP contribution in [0, 0.1) is 0 Å². The van der Waals surface area contributed by atoms with Gasteiger partial charge in [0.05, 0.1) is 0 Å². The van der Waals surface area contributed by atoms with Crippen LogP contribution in [0.1, 0.15) is 407 Å². The van der Waals surface area contributed by atoms with Gasteiger partial charge in [-0.15, -0.1) is 0 Å². The summed E-state index contributed by atoms with van der Waals surface area (Å²) in [6.45, 7) is 11.0. The van der Waals surface area contributed by atoms with E-state index in [1.54, 1.807) is 0 Å². The van der Waals surface area contributed by atoms with Gasteiger partial charge >= 0.3 is 29.9 Å². The molecule has 0 aliphatic heterocycles. The number of allylic oxidation sites excluding steroid dienone is 8. The summed E-state index contributed by atoms with van der Waals surface area (Å²) < 4.78 is 24.7. The van der Waals surface area contributed by atoms with E-state index in [0.29, 0.717) is 32.1 Å². The van der Waals surface area contributed by atoms with E-state index in [-0.39, 0.29) is 32.1 Å². The van der Waals surface area contributed by atoms with E-state index in [1.165, 1.54) is 161 Å². The number of carbonyl (C=O) groups excluding carboxylic acids is 4. The molecule has 0 aromatic rings. The predicted molar refractivity (Wildman–Crippen MR) is 364 cm³/mol. The van der Waals surface area contributed by atoms with Gasteiger partial charge in [-0.05, 0) is 135 Å². The number of rotatable bonds is 67. The van der Waals surface area contributed by atoms with Crippen molar-refractivity contribution < 1.29 is 38.1 Å². The average Bonchev–Trinajstić information content (AvgIpc) is 3.31. The van der Waals surface area contributed by atoms with Crippen molar-refractivity contribution in [1.82, 2.24) is 0 Å². The molecule has 0 aromatic carbocycles. The van der Waals surface area contributed by atoms with Crippen LogP contribution in [0.25, 0.3) is 0 Å². The molecule has 0 aliphatic rings. The number of hydrogen-bond donors (Lipinski definition) is 0. The third kappa shape index (κ3) is 58.3. The molecule has 0 aliphatic carbocycles. The van der Waals surface area contributed by atoms with Crippen molar-refractivity contribution in [2.45, 2.75) is 419 Å². The van der Waals surface area contributed by atoms with Crippen molar-refractivity contribution in [3.8, 4) is 0 Å². The number of esters is 4. The number of hydrogen-bond acceptors (Lipinski definition) is 8. The first-order chi connectivity index (χ1) is 41.8. The molecule has 1 atom stereocenters. The summed E-state index contributed by atoms with van der Waals surface area (Å²) in [7, 11) is 0. The molecule has 0 saturated heterocycles. The van der Waals surface area contributed by atoms with Crippen LogP contribution in [0.3, 0.4) is 0 Å². The molecule has 0 bridgehead atoms. The van der Waals surface area contributed by atoms with Gasteiger partial charge in [0.15, 0.2) is 0 Å². The molecule has 0 fully saturated rings. The number of ether oxygens (including phenoxy) is 4. The predicted octanol–water partition coefficient (Wildman–Crippen LogP) is 25.1. The highest BCUT2D eigenvalue weighted by molar-refractivity contribution is 5.74. The zero-order chi connectivity index (χ0) is 61.9. The second-order valence-electron chi connectivity index (χ2n) is 25.1. The van der Waals surface area contributed by atoms with Gasteiger partial charge in [-0.1, -0.05) is 295 Å². The largest absolute Gasteiger partial charge is 0.463 e. The van der Waals surface area contributed by atoms with Crippen LogP contribution in [0.4, 0.5) is 0 Å². The minimum Gasteiger partial charge on any atom is -0.449 e. The molecule has 0 N–H and O–H groups in total. The van der Waals surface area contributed by atoms with Crippen molar-refractivity contribution in [3.63, 3.8) is 0 Å². The molecule has 496 valence electrons. The quantitative estimate of drug-likeness (QED) is 0.0257. The summed E-state index contributed by atoms with van der Waals surface area (Å²) in [5.74, 6) is -4.88. The normalized spacial score (nSPS) is 12.4. The van der Waals surface area contributed by atoms with Crippen molar-refractivity contribution in [2.24, 2.45) is 0 Å². The minimum atomic E-state index is -2.51. The maximum atomic E-state index is 14.0. The van der Waals surface area contributed by atoms with Gasteiger partial charge in [-0.25, -0.2) is 0 Å². The zero-order valence-electron chi connectivity index (χ0n) is 57.0. The lowest BCUT2D eigenvalue weighted by atomic mass is 10.1. The molecule has 0 radical (unpaired) electrons. The lowest BCUT2D eigenvalue weighted by Crippen LogP contribution is -2.55. The molecule has 8 nitrogen and oxygen atoms in total. The molecule has 0 spiro atoms. The fourth-order valence-corrected chi connectivity index (χ4v) is 11.0. The van der Waals surface area contributed by atoms with Gasteiger partial charge in [0, 0.05) is 25.7 Å². The topological polar surface area (TPSA) is 105 Å². The third-order valence-electron chi connectivity index (χ3n) is 16.6. The Morgan fingerprint density at radius 3 is 0.647 bits per heavy atom. The molecule has 0 heterocycles. The third-order valence-corrected chi connectivity index (χ3v) is 16.6. The van der Waals surface area contributed by atoms with E-state index < -0.39 is 36.0 Å². The second kappa shape index (κ2) is 66.8. The summed E-state index contributed by atoms with van der Waals surface area (Å²) in [4.78, 5) is 55.9. The van der Waals surface area contributed by atoms with Gasteiger partial charge in [0.2, 0.25) is 6.10 Å². The van der Waals surface area contributed by atoms with Gasteiger partial charge < -0.3 is 18.9 Å². The van der Waals surface area contributed by atoms with Crippen LogP contribution in [0.15, 0.2) is 48.6 Å². The fraction of sp³-hybridized carbons (Fsp3) is 0.844. The molecule has 8 heteroatoms. The number of carbonyl (C=O) groups is 4. The Morgan fingerprint density at radius 1 is 0.247 bits per heavy atom. The van der Waals surface area contributed by atoms with Crippen LogP contribution in [0.5, 0.6) is 0 Å². The minimum absolute atomic E-state index is 0.0686. The monoisotopic (exact) mass is 1190 g/mol. The summed E-state index contributed by atoms with van der Waals surface area (Å²) in [6.07, 6.45) is 77.6. The highest BCUT2D eigenvalue weighted by Gasteiger charge is 2.53. The number of unbranched alkanes of at least 4 members (excludes halogenated alkanes) is 44. The maximum Gasteiger partial charge on any atom is 0.463 e. The SMILES string of the molecule is CCCCCCCC/C=C\CCCCCCCC(=O)OC(CCC)C(OC(=O)CCCCCCC/C=C\CCCCCCCC)(OC(=O)CCCCCCC/C=C\CCCCCCCC)OC(=O)CCCCCCC/C=C\CCCCCCCC. The molecule has 85 heavy (non-hydrogen) atoms. The Balaban J connectivity index is 5.89. The maximum absolute atomic E-state index is 14.0. The van der Waals surface area contributed by atoms with Crippen LogP contribution in [-0.2, 0) is 38.1 Å². The molecule has 0 aromatic heterocycles. The van der Waals surface area contributed by atoms with E-state index in [0.717, 1.165) is 148 Å². The lowest BCUT2D eigenvalue weighted by Gasteiger charge is -2.36. The van der Waals surface area contributed by atoms with Crippen molar-refractivity contribution in [1.29, 1.82) is 0 Å². The second-order valence-corrected chi connectivity index (χ2v) is 25.1. The Hall–Kier alpha value is -3.16. The Morgan fingerprint density at radius 2 is 0.435 bits per heavy atom. The molecule has 0 saturated carbocycles. The van der Waals surface area contributed by atoms with Gasteiger partial charge in [0.25, 0.3) is 0 Å². The lowest BCUT2D eigenvalue weighted by molar-refractivity contribution is -0.365. The first kappa shape index (κ1) is 81.8. The average molecular weight is 1190 g/mol. The van der Waals surface area contributed by atoms with E-state index in [2.05, 4.69) is 76.3 Å². The molecular formula is C77H140O8. The first-order valence-corrected chi connectivity index (χ1v) is 37.2. The van der Waals surface area contributed by atoms with E-state index in [9.17, 15) is 19.2 Å². The van der Waals surface area contributed by atoms with E-state index in [1.807, 2.05) is 6.92 Å². The molecule has 1 unspecified atom stereocenters. The highest BCUT2D eigenvalue weighted by Crippen LogP contribution is 2.31. The Labute approximate surface area is 527 Å². The van der Waals surface area contributed by atoms with Crippen LogP contribution in [-0.4, -0.2) is 36.0 Å². The van der Waals surface area contributed by atoms with Crippen LogP contribution in [0.2, 0.25) is 0 Å². The first-order valence-electron chi connectivity index (χ1n) is 37.2. The van der Waals surface area contributed by atoms with Crippen LogP contribution < -0.4 is 0 Å². The van der Waals surface area contributed by atoms with Crippen LogP contribution >= 0.6 is 0 Å². The molecule has 0 amide bonds.